The summed E-state index contributed by atoms with van der Waals surface area (Å²) in [6.45, 7) is -0.530. The van der Waals surface area contributed by atoms with Gasteiger partial charge in [0.05, 0.1) is 18.1 Å². The summed E-state index contributed by atoms with van der Waals surface area (Å²) >= 11 is 0. The highest BCUT2D eigenvalue weighted by Crippen LogP contribution is 2.56. The molecule has 3 atom stereocenters. The van der Waals surface area contributed by atoms with Gasteiger partial charge in [-0.2, -0.15) is 8.78 Å². The molecule has 0 spiro atoms. The summed E-state index contributed by atoms with van der Waals surface area (Å²) in [5, 5.41) is 0. The smallest absolute Gasteiger partial charge is 0.317 e. The Hall–Kier alpha value is -2.02. The van der Waals surface area contributed by atoms with Crippen molar-refractivity contribution in [3.05, 3.63) is 34.2 Å². The van der Waals surface area contributed by atoms with E-state index in [0.717, 1.165) is 18.3 Å². The van der Waals surface area contributed by atoms with E-state index in [2.05, 4.69) is 9.97 Å². The lowest BCUT2D eigenvalue weighted by Crippen LogP contribution is -2.31. The highest BCUT2D eigenvalue weighted by atomic mass is 19.3. The van der Waals surface area contributed by atoms with Crippen LogP contribution in [0.5, 0.6) is 5.75 Å². The van der Waals surface area contributed by atoms with Crippen molar-refractivity contribution in [2.24, 2.45) is 17.8 Å². The summed E-state index contributed by atoms with van der Waals surface area (Å²) < 4.78 is 39.2. The van der Waals surface area contributed by atoms with Crippen LogP contribution in [-0.2, 0) is 10.7 Å². The minimum Gasteiger partial charge on any atom is -0.497 e. The van der Waals surface area contributed by atoms with Gasteiger partial charge in [0.25, 0.3) is 5.56 Å². The molecule has 0 bridgehead atoms. The predicted octanol–water partition coefficient (Wildman–Crippen LogP) is 3.48. The van der Waals surface area contributed by atoms with Gasteiger partial charge in [0.1, 0.15) is 12.4 Å². The zero-order valence-corrected chi connectivity index (χ0v) is 14.6. The molecule has 2 aliphatic carbocycles. The highest BCUT2D eigenvalue weighted by molar-refractivity contribution is 5.75. The Kier molecular flexibility index (Phi) is 4.42. The predicted molar refractivity (Wildman–Crippen MR) is 92.6 cm³/mol. The first kappa shape index (κ1) is 17.4. The number of rotatable bonds is 7. The van der Waals surface area contributed by atoms with E-state index in [-0.39, 0.29) is 5.52 Å². The van der Waals surface area contributed by atoms with Crippen molar-refractivity contribution in [1.29, 1.82) is 0 Å². The molecule has 1 aromatic heterocycles. The summed E-state index contributed by atoms with van der Waals surface area (Å²) in [5.41, 5.74) is -1.07. The van der Waals surface area contributed by atoms with Crippen molar-refractivity contribution >= 4 is 11.0 Å². The largest absolute Gasteiger partial charge is 0.497 e. The van der Waals surface area contributed by atoms with Crippen LogP contribution in [0.1, 0.15) is 31.4 Å². The Morgan fingerprint density at radius 1 is 1.35 bits per heavy atom. The molecule has 2 aliphatic rings. The van der Waals surface area contributed by atoms with Gasteiger partial charge in [-0.1, -0.05) is 0 Å². The molecule has 26 heavy (non-hydrogen) atoms. The van der Waals surface area contributed by atoms with E-state index in [1.807, 2.05) is 0 Å². The van der Waals surface area contributed by atoms with Crippen molar-refractivity contribution in [1.82, 2.24) is 9.97 Å². The molecular formula is C19H22F2N2O3. The molecule has 2 unspecified atom stereocenters. The number of methoxy groups -OCH3 is 1. The summed E-state index contributed by atoms with van der Waals surface area (Å²) in [6, 6.07) is 4.70. The number of alkyl halides is 2. The van der Waals surface area contributed by atoms with Crippen LogP contribution in [0.3, 0.4) is 0 Å². The molecule has 4 rings (SSSR count). The van der Waals surface area contributed by atoms with Gasteiger partial charge in [-0.3, -0.25) is 4.79 Å². The summed E-state index contributed by atoms with van der Waals surface area (Å²) in [6.07, 6.45) is 4.57. The molecular weight excluding hydrogens is 342 g/mol. The van der Waals surface area contributed by atoms with Crippen molar-refractivity contribution in [3.8, 4) is 5.75 Å². The summed E-state index contributed by atoms with van der Waals surface area (Å²) in [4.78, 5) is 18.4. The van der Waals surface area contributed by atoms with Crippen LogP contribution in [0.15, 0.2) is 23.0 Å². The lowest BCUT2D eigenvalue weighted by Gasteiger charge is -2.17. The number of aromatic amines is 1. The number of nitrogens with one attached hydrogen (secondary N) is 1. The van der Waals surface area contributed by atoms with Crippen LogP contribution in [-0.4, -0.2) is 30.3 Å². The van der Waals surface area contributed by atoms with Gasteiger partial charge >= 0.3 is 5.92 Å². The summed E-state index contributed by atoms with van der Waals surface area (Å²) in [7, 11) is 1.49. The lowest BCUT2D eigenvalue weighted by atomic mass is 10.0. The third kappa shape index (κ3) is 3.32. The van der Waals surface area contributed by atoms with Crippen LogP contribution < -0.4 is 10.3 Å². The van der Waals surface area contributed by atoms with Gasteiger partial charge in [-0.15, -0.1) is 0 Å². The number of hydrogen-bond acceptors (Lipinski definition) is 4. The van der Waals surface area contributed by atoms with Crippen LogP contribution in [0.2, 0.25) is 0 Å². The number of ether oxygens (including phenoxy) is 2. The normalized spacial score (nSPS) is 24.7. The fraction of sp³-hybridized carbons (Fsp3) is 0.579. The van der Waals surface area contributed by atoms with Gasteiger partial charge < -0.3 is 14.5 Å². The first-order valence-corrected chi connectivity index (χ1v) is 9.02. The van der Waals surface area contributed by atoms with Gasteiger partial charge in [0.2, 0.25) is 0 Å². The maximum Gasteiger partial charge on any atom is 0.317 e. The Morgan fingerprint density at radius 2 is 2.19 bits per heavy atom. The maximum absolute atomic E-state index is 14.4. The van der Waals surface area contributed by atoms with Crippen LogP contribution >= 0.6 is 0 Å². The monoisotopic (exact) mass is 364 g/mol. The quantitative estimate of drug-likeness (QED) is 0.764. The first-order chi connectivity index (χ1) is 12.5. The van der Waals surface area contributed by atoms with E-state index in [1.54, 1.807) is 12.1 Å². The van der Waals surface area contributed by atoms with E-state index in [9.17, 15) is 13.6 Å². The van der Waals surface area contributed by atoms with Crippen molar-refractivity contribution in [2.45, 2.75) is 31.6 Å². The minimum absolute atomic E-state index is 0.283. The van der Waals surface area contributed by atoms with Crippen LogP contribution in [0.25, 0.3) is 11.0 Å². The van der Waals surface area contributed by atoms with Crippen molar-refractivity contribution in [3.63, 3.8) is 0 Å². The average molecular weight is 364 g/mol. The van der Waals surface area contributed by atoms with E-state index < -0.39 is 23.8 Å². The number of benzene rings is 1. The Morgan fingerprint density at radius 3 is 2.88 bits per heavy atom. The summed E-state index contributed by atoms with van der Waals surface area (Å²) in [5.74, 6) is -0.630. The van der Waals surface area contributed by atoms with Gasteiger partial charge in [-0.25, -0.2) is 4.98 Å². The Labute approximate surface area is 149 Å². The molecule has 0 radical (unpaired) electrons. The minimum atomic E-state index is -3.43. The second-order valence-electron chi connectivity index (χ2n) is 7.34. The lowest BCUT2D eigenvalue weighted by molar-refractivity contribution is -0.0882. The highest BCUT2D eigenvalue weighted by Gasteiger charge is 2.47. The topological polar surface area (TPSA) is 64.2 Å². The van der Waals surface area contributed by atoms with Crippen molar-refractivity contribution in [2.75, 3.05) is 20.3 Å². The third-order valence-electron chi connectivity index (χ3n) is 5.65. The zero-order valence-electron chi connectivity index (χ0n) is 14.6. The van der Waals surface area contributed by atoms with E-state index in [0.29, 0.717) is 23.8 Å². The molecule has 0 amide bonds. The molecule has 2 saturated carbocycles. The third-order valence-corrected chi connectivity index (χ3v) is 5.65. The number of hydrogen-bond donors (Lipinski definition) is 1. The van der Waals surface area contributed by atoms with Crippen LogP contribution in [0.4, 0.5) is 8.78 Å². The molecule has 1 aromatic carbocycles. The number of aromatic nitrogens is 2. The molecule has 2 fully saturated rings. The second-order valence-corrected chi connectivity index (χ2v) is 7.34. The Balaban J connectivity index is 1.42. The SMILES string of the molecule is COc1ccc2nc(C(F)(F)COCC[C@H]3CCC4CC43)c(=O)[nH]c2c1. The first-order valence-electron chi connectivity index (χ1n) is 9.02. The fourth-order valence-corrected chi connectivity index (χ4v) is 4.12. The van der Waals surface area contributed by atoms with E-state index in [4.69, 9.17) is 9.47 Å². The zero-order chi connectivity index (χ0) is 18.3. The maximum atomic E-state index is 14.4. The molecule has 0 saturated heterocycles. The number of nitrogens with zero attached hydrogens (tertiary/aromatic N) is 1. The second kappa shape index (κ2) is 6.61. The Bertz CT molecular complexity index is 867. The van der Waals surface area contributed by atoms with E-state index in [1.165, 1.54) is 32.4 Å². The molecule has 2 aromatic rings. The molecule has 1 heterocycles. The molecule has 7 heteroatoms. The number of fused-ring (bicyclic) bond motifs is 2. The molecule has 140 valence electrons. The fourth-order valence-electron chi connectivity index (χ4n) is 4.12. The van der Waals surface area contributed by atoms with Gasteiger partial charge in [0.15, 0.2) is 5.69 Å². The van der Waals surface area contributed by atoms with Gasteiger partial charge in [-0.05, 0) is 55.6 Å². The van der Waals surface area contributed by atoms with E-state index >= 15 is 0 Å². The number of H-pyrrole nitrogens is 1. The van der Waals surface area contributed by atoms with Gasteiger partial charge in [0, 0.05) is 12.7 Å². The molecule has 1 N–H and O–H groups in total. The molecule has 0 aliphatic heterocycles. The molecule has 5 nitrogen and oxygen atoms in total. The average Bonchev–Trinajstić information content (AvgIpc) is 3.30. The standard InChI is InChI=1S/C19H22F2N2O3/c1-25-13-4-5-15-16(9-13)23-18(24)17(22-15)19(20,21)10-26-7-6-11-2-3-12-8-14(11)12/h4-5,9,11-12,14H,2-3,6-8,10H2,1H3,(H,23,24)/t11-,12?,14?/m1/s1. The van der Waals surface area contributed by atoms with Crippen molar-refractivity contribution < 1.29 is 18.3 Å². The number of halogens is 2. The van der Waals surface area contributed by atoms with Crippen LogP contribution in [0, 0.1) is 17.8 Å².